The first-order valence-electron chi connectivity index (χ1n) is 15.7. The van der Waals surface area contributed by atoms with E-state index in [-0.39, 0.29) is 62.0 Å². The molecule has 5 rings (SSSR count). The SMILES string of the molecule is CC1=C(CC(O)C(=O)O)C(Cc2[nH]c(CC3NC(=O)[C@H](C)[C@H]3[C@H]3CS3)c(C)c2CCC(=O)O)N=C1/C=C1\NC(=O)C(CCO)=C1C. The van der Waals surface area contributed by atoms with Gasteiger partial charge in [0.2, 0.25) is 5.91 Å². The number of aliphatic carboxylic acids is 2. The highest BCUT2D eigenvalue weighted by atomic mass is 32.2. The molecule has 6 atom stereocenters. The largest absolute Gasteiger partial charge is 0.481 e. The molecule has 2 saturated heterocycles. The maximum Gasteiger partial charge on any atom is 0.332 e. The van der Waals surface area contributed by atoms with Gasteiger partial charge in [-0.15, -0.1) is 0 Å². The number of aliphatic hydroxyl groups is 2. The molecule has 0 bridgehead atoms. The third kappa shape index (κ3) is 6.86. The quantitative estimate of drug-likeness (QED) is 0.147. The van der Waals surface area contributed by atoms with Crippen molar-refractivity contribution in [2.24, 2.45) is 16.8 Å². The number of carbonyl (C=O) groups excluding carboxylic acids is 2. The van der Waals surface area contributed by atoms with Crippen molar-refractivity contribution in [1.82, 2.24) is 15.6 Å². The van der Waals surface area contributed by atoms with Gasteiger partial charge in [-0.05, 0) is 61.1 Å². The number of carboxylic acid groups (broad SMARTS) is 2. The van der Waals surface area contributed by atoms with E-state index in [9.17, 15) is 39.6 Å². The number of aliphatic imine (C=N–C) groups is 1. The monoisotopic (exact) mass is 654 g/mol. The highest BCUT2D eigenvalue weighted by Gasteiger charge is 2.48. The zero-order valence-corrected chi connectivity index (χ0v) is 27.3. The predicted octanol–water partition coefficient (Wildman–Crippen LogP) is 1.98. The molecule has 248 valence electrons. The molecule has 0 aliphatic carbocycles. The lowest BCUT2D eigenvalue weighted by Gasteiger charge is -2.20. The Hall–Kier alpha value is -3.68. The van der Waals surface area contributed by atoms with Crippen molar-refractivity contribution < 1.29 is 39.6 Å². The minimum Gasteiger partial charge on any atom is -0.481 e. The standard InChI is InChI=1S/C33H42N4O8S/c1-14-18(5-6-29(40)41)24(34-22(14)11-26-30(28-13-46-28)17(4)31(42)37-26)12-25-20(9-27(39)33(44)45)16(3)21(35-25)10-23-15(2)19(7-8-38)32(43)36-23/h10,17,25-28,30,34,38-39H,5-9,11-13H2,1-4H3,(H,36,43)(H,37,42)(H,40,41)(H,44,45)/b23-10-/t17-,25?,26?,27?,28-,30-/m1/s1. The van der Waals surface area contributed by atoms with Gasteiger partial charge >= 0.3 is 11.9 Å². The molecular weight excluding hydrogens is 612 g/mol. The van der Waals surface area contributed by atoms with Gasteiger partial charge in [0.1, 0.15) is 0 Å². The van der Waals surface area contributed by atoms with Gasteiger partial charge in [-0.2, -0.15) is 11.8 Å². The minimum atomic E-state index is -1.64. The van der Waals surface area contributed by atoms with Gasteiger partial charge in [0, 0.05) is 90.2 Å². The van der Waals surface area contributed by atoms with Crippen LogP contribution in [0.2, 0.25) is 0 Å². The highest BCUT2D eigenvalue weighted by molar-refractivity contribution is 8.06. The maximum absolute atomic E-state index is 12.6. The molecule has 0 spiro atoms. The topological polar surface area (TPSA) is 201 Å². The summed E-state index contributed by atoms with van der Waals surface area (Å²) in [5.41, 5.74) is 7.12. The second kappa shape index (κ2) is 13.6. The molecule has 2 amide bonds. The Bertz CT molecular complexity index is 1580. The summed E-state index contributed by atoms with van der Waals surface area (Å²) in [5.74, 6) is -1.34. The van der Waals surface area contributed by atoms with E-state index in [4.69, 9.17) is 4.99 Å². The van der Waals surface area contributed by atoms with E-state index in [0.29, 0.717) is 51.8 Å². The number of nitrogens with one attached hydrogen (secondary N) is 3. The predicted molar refractivity (Wildman–Crippen MR) is 173 cm³/mol. The Morgan fingerprint density at radius 2 is 1.80 bits per heavy atom. The van der Waals surface area contributed by atoms with Crippen LogP contribution in [-0.2, 0) is 38.4 Å². The highest BCUT2D eigenvalue weighted by Crippen LogP contribution is 2.45. The Labute approximate surface area is 271 Å². The van der Waals surface area contributed by atoms with E-state index in [1.165, 1.54) is 0 Å². The molecule has 1 aromatic heterocycles. The van der Waals surface area contributed by atoms with E-state index in [1.54, 1.807) is 19.9 Å². The molecule has 46 heavy (non-hydrogen) atoms. The van der Waals surface area contributed by atoms with Crippen molar-refractivity contribution in [1.29, 1.82) is 0 Å². The summed E-state index contributed by atoms with van der Waals surface area (Å²) in [6.07, 6.45) is 1.26. The lowest BCUT2D eigenvalue weighted by atomic mass is 9.86. The van der Waals surface area contributed by atoms with Gasteiger partial charge in [-0.1, -0.05) is 6.92 Å². The van der Waals surface area contributed by atoms with Gasteiger partial charge in [0.15, 0.2) is 6.10 Å². The van der Waals surface area contributed by atoms with Crippen molar-refractivity contribution in [3.63, 3.8) is 0 Å². The number of carboxylic acids is 2. The Morgan fingerprint density at radius 3 is 2.43 bits per heavy atom. The average Bonchev–Trinajstić information content (AvgIpc) is 3.59. The molecule has 7 N–H and O–H groups in total. The van der Waals surface area contributed by atoms with Gasteiger partial charge in [-0.25, -0.2) is 4.79 Å². The second-order valence-electron chi connectivity index (χ2n) is 12.7. The number of carbonyl (C=O) groups is 4. The van der Waals surface area contributed by atoms with Crippen LogP contribution in [0.4, 0.5) is 0 Å². The molecule has 0 saturated carbocycles. The van der Waals surface area contributed by atoms with Crippen LogP contribution in [0.1, 0.15) is 62.5 Å². The summed E-state index contributed by atoms with van der Waals surface area (Å²) < 4.78 is 0. The third-order valence-corrected chi connectivity index (χ3v) is 10.9. The van der Waals surface area contributed by atoms with Crippen molar-refractivity contribution >= 4 is 41.2 Å². The van der Waals surface area contributed by atoms with E-state index < -0.39 is 24.1 Å². The number of aromatic amines is 1. The third-order valence-electron chi connectivity index (χ3n) is 9.84. The molecule has 13 heteroatoms. The first-order chi connectivity index (χ1) is 21.8. The molecule has 3 unspecified atom stereocenters. The first kappa shape index (κ1) is 33.7. The lowest BCUT2D eigenvalue weighted by Crippen LogP contribution is -2.33. The fourth-order valence-electron chi connectivity index (χ4n) is 7.08. The smallest absolute Gasteiger partial charge is 0.332 e. The molecule has 1 aromatic rings. The van der Waals surface area contributed by atoms with Crippen molar-refractivity contribution in [3.8, 4) is 0 Å². The number of allylic oxidation sites excluding steroid dienone is 3. The Kier molecular flexibility index (Phi) is 9.95. The zero-order chi connectivity index (χ0) is 33.4. The molecule has 12 nitrogen and oxygen atoms in total. The maximum atomic E-state index is 12.6. The molecule has 0 aromatic carbocycles. The lowest BCUT2D eigenvalue weighted by molar-refractivity contribution is -0.146. The van der Waals surface area contributed by atoms with Crippen molar-refractivity contribution in [3.05, 3.63) is 56.6 Å². The zero-order valence-electron chi connectivity index (χ0n) is 26.5. The second-order valence-corrected chi connectivity index (χ2v) is 13.9. The summed E-state index contributed by atoms with van der Waals surface area (Å²) in [5, 5.41) is 45.2. The van der Waals surface area contributed by atoms with Gasteiger partial charge in [0.25, 0.3) is 5.91 Å². The number of aromatic nitrogens is 1. The van der Waals surface area contributed by atoms with Crippen LogP contribution in [0.5, 0.6) is 0 Å². The van der Waals surface area contributed by atoms with Gasteiger partial charge in [0.05, 0.1) is 11.8 Å². The number of amides is 2. The van der Waals surface area contributed by atoms with Crippen molar-refractivity contribution in [2.75, 3.05) is 12.4 Å². The fourth-order valence-corrected chi connectivity index (χ4v) is 8.06. The number of aliphatic hydroxyl groups excluding tert-OH is 2. The number of rotatable bonds is 14. The number of nitrogens with zero attached hydrogens (tertiary/aromatic N) is 1. The minimum absolute atomic E-state index is 0.0418. The van der Waals surface area contributed by atoms with E-state index in [1.807, 2.05) is 25.6 Å². The Balaban J connectivity index is 1.49. The summed E-state index contributed by atoms with van der Waals surface area (Å²) in [6, 6.07) is -0.588. The summed E-state index contributed by atoms with van der Waals surface area (Å²) >= 11 is 1.86. The molecular formula is C33H42N4O8S. The normalized spacial score (nSPS) is 27.4. The number of hydrogen-bond acceptors (Lipinski definition) is 8. The van der Waals surface area contributed by atoms with Crippen LogP contribution in [0.25, 0.3) is 0 Å². The fraction of sp³-hybridized carbons (Fsp3) is 0.545. The van der Waals surface area contributed by atoms with E-state index >= 15 is 0 Å². The van der Waals surface area contributed by atoms with Crippen LogP contribution >= 0.6 is 11.8 Å². The van der Waals surface area contributed by atoms with Crippen LogP contribution in [0, 0.1) is 18.8 Å². The summed E-state index contributed by atoms with van der Waals surface area (Å²) in [4.78, 5) is 56.8. The molecule has 0 radical (unpaired) electrons. The van der Waals surface area contributed by atoms with Crippen LogP contribution in [0.15, 0.2) is 39.1 Å². The van der Waals surface area contributed by atoms with Crippen LogP contribution < -0.4 is 10.6 Å². The number of H-pyrrole nitrogens is 1. The molecule has 5 heterocycles. The average molecular weight is 655 g/mol. The van der Waals surface area contributed by atoms with Crippen LogP contribution in [0.3, 0.4) is 0 Å². The molecule has 4 aliphatic rings. The molecule has 2 fully saturated rings. The summed E-state index contributed by atoms with van der Waals surface area (Å²) in [6.45, 7) is 7.35. The van der Waals surface area contributed by atoms with Gasteiger partial charge in [-0.3, -0.25) is 19.4 Å². The number of thioether (sulfide) groups is 1. The number of hydrogen-bond donors (Lipinski definition) is 7. The van der Waals surface area contributed by atoms with E-state index in [2.05, 4.69) is 15.6 Å². The van der Waals surface area contributed by atoms with Crippen molar-refractivity contribution in [2.45, 2.75) is 89.7 Å². The Morgan fingerprint density at radius 1 is 1.09 bits per heavy atom. The summed E-state index contributed by atoms with van der Waals surface area (Å²) in [7, 11) is 0. The van der Waals surface area contributed by atoms with E-state index in [0.717, 1.165) is 28.3 Å². The molecule has 4 aliphatic heterocycles. The first-order valence-corrected chi connectivity index (χ1v) is 16.7. The van der Waals surface area contributed by atoms with Crippen LogP contribution in [-0.4, -0.2) is 90.7 Å². The van der Waals surface area contributed by atoms with Gasteiger partial charge < -0.3 is 36.0 Å².